The largest absolute Gasteiger partial charge is 0.365 e. The van der Waals surface area contributed by atoms with E-state index in [1.807, 2.05) is 24.3 Å². The van der Waals surface area contributed by atoms with Crippen LogP contribution in [0.25, 0.3) is 11.0 Å². The standard InChI is InChI=1S/C18H20N4O2S/c1-10(2)9-13(17-20-11-5-3-4-6-12(11)21-17)22-18(24)15-8-7-14(25-15)16(19)23/h3-8,10,13H,9H2,1-2H3,(H2,19,23)(H,20,21)(H,22,24)/t13-/m0/s1. The first kappa shape index (κ1) is 17.2. The zero-order chi connectivity index (χ0) is 18.0. The molecule has 0 fully saturated rings. The van der Waals surface area contributed by atoms with Crippen molar-refractivity contribution in [1.82, 2.24) is 15.3 Å². The van der Waals surface area contributed by atoms with Gasteiger partial charge in [0.15, 0.2) is 0 Å². The maximum Gasteiger partial charge on any atom is 0.261 e. The number of aromatic nitrogens is 2. The van der Waals surface area contributed by atoms with E-state index in [9.17, 15) is 9.59 Å². The Balaban J connectivity index is 1.84. The van der Waals surface area contributed by atoms with E-state index in [2.05, 4.69) is 29.1 Å². The Morgan fingerprint density at radius 1 is 1.20 bits per heavy atom. The first-order valence-electron chi connectivity index (χ1n) is 8.09. The number of carbonyl (C=O) groups is 2. The SMILES string of the molecule is CC(C)C[C@H](NC(=O)c1ccc(C(N)=O)s1)c1nc2ccccc2[nH]1. The van der Waals surface area contributed by atoms with Gasteiger partial charge in [-0.15, -0.1) is 11.3 Å². The number of hydrogen-bond donors (Lipinski definition) is 3. The van der Waals surface area contributed by atoms with Gasteiger partial charge in [0.25, 0.3) is 11.8 Å². The lowest BCUT2D eigenvalue weighted by atomic mass is 10.0. The normalized spacial score (nSPS) is 12.4. The van der Waals surface area contributed by atoms with Crippen LogP contribution in [0.5, 0.6) is 0 Å². The number of nitrogens with zero attached hydrogens (tertiary/aromatic N) is 1. The number of fused-ring (bicyclic) bond motifs is 1. The number of aromatic amines is 1. The summed E-state index contributed by atoms with van der Waals surface area (Å²) in [6.07, 6.45) is 0.750. The van der Waals surface area contributed by atoms with Crippen LogP contribution in [-0.2, 0) is 0 Å². The minimum Gasteiger partial charge on any atom is -0.365 e. The Morgan fingerprint density at radius 3 is 2.56 bits per heavy atom. The third kappa shape index (κ3) is 3.88. The van der Waals surface area contributed by atoms with E-state index in [0.29, 0.717) is 15.7 Å². The van der Waals surface area contributed by atoms with Crippen molar-refractivity contribution in [2.45, 2.75) is 26.3 Å². The highest BCUT2D eigenvalue weighted by Gasteiger charge is 2.21. The molecule has 25 heavy (non-hydrogen) atoms. The number of nitrogens with one attached hydrogen (secondary N) is 2. The van der Waals surface area contributed by atoms with Crippen molar-refractivity contribution in [3.8, 4) is 0 Å². The molecule has 0 aliphatic heterocycles. The first-order chi connectivity index (χ1) is 11.9. The first-order valence-corrected chi connectivity index (χ1v) is 8.91. The number of nitrogens with two attached hydrogens (primary N) is 1. The Labute approximate surface area is 149 Å². The lowest BCUT2D eigenvalue weighted by Gasteiger charge is -2.18. The van der Waals surface area contributed by atoms with Crippen LogP contribution in [0.3, 0.4) is 0 Å². The topological polar surface area (TPSA) is 101 Å². The minimum absolute atomic E-state index is 0.233. The molecule has 2 heterocycles. The number of imidazole rings is 1. The number of para-hydroxylation sites is 2. The zero-order valence-electron chi connectivity index (χ0n) is 14.1. The van der Waals surface area contributed by atoms with Crippen LogP contribution >= 0.6 is 11.3 Å². The van der Waals surface area contributed by atoms with Gasteiger partial charge in [-0.1, -0.05) is 26.0 Å². The number of H-pyrrole nitrogens is 1. The lowest BCUT2D eigenvalue weighted by Crippen LogP contribution is -2.29. The number of amides is 2. The van der Waals surface area contributed by atoms with E-state index in [4.69, 9.17) is 5.73 Å². The highest BCUT2D eigenvalue weighted by Crippen LogP contribution is 2.23. The molecule has 3 aromatic rings. The summed E-state index contributed by atoms with van der Waals surface area (Å²) in [5.74, 6) is 0.349. The van der Waals surface area contributed by atoms with Crippen molar-refractivity contribution in [1.29, 1.82) is 0 Å². The second kappa shape index (κ2) is 7.06. The van der Waals surface area contributed by atoms with E-state index < -0.39 is 5.91 Å². The van der Waals surface area contributed by atoms with E-state index >= 15 is 0 Å². The van der Waals surface area contributed by atoms with Crippen molar-refractivity contribution < 1.29 is 9.59 Å². The quantitative estimate of drug-likeness (QED) is 0.632. The summed E-state index contributed by atoms with van der Waals surface area (Å²) in [6, 6.07) is 10.7. The van der Waals surface area contributed by atoms with Gasteiger partial charge >= 0.3 is 0 Å². The second-order valence-corrected chi connectivity index (χ2v) is 7.41. The summed E-state index contributed by atoms with van der Waals surface area (Å²) in [7, 11) is 0. The smallest absolute Gasteiger partial charge is 0.261 e. The molecular formula is C18H20N4O2S. The van der Waals surface area contributed by atoms with Crippen LogP contribution in [0.4, 0.5) is 0 Å². The van der Waals surface area contributed by atoms with E-state index in [-0.39, 0.29) is 11.9 Å². The van der Waals surface area contributed by atoms with E-state index in [1.54, 1.807) is 12.1 Å². The third-order valence-corrected chi connectivity index (χ3v) is 4.92. The number of benzene rings is 1. The predicted molar refractivity (Wildman–Crippen MR) is 98.6 cm³/mol. The van der Waals surface area contributed by atoms with Crippen molar-refractivity contribution in [2.75, 3.05) is 0 Å². The van der Waals surface area contributed by atoms with Gasteiger partial charge in [-0.3, -0.25) is 9.59 Å². The van der Waals surface area contributed by atoms with Crippen LogP contribution in [0, 0.1) is 5.92 Å². The van der Waals surface area contributed by atoms with Crippen molar-refractivity contribution in [2.24, 2.45) is 11.7 Å². The van der Waals surface area contributed by atoms with Crippen molar-refractivity contribution >= 4 is 34.2 Å². The highest BCUT2D eigenvalue weighted by molar-refractivity contribution is 7.15. The van der Waals surface area contributed by atoms with Crippen LogP contribution in [0.1, 0.15) is 51.5 Å². The lowest BCUT2D eigenvalue weighted by molar-refractivity contribution is 0.0933. The Hall–Kier alpha value is -2.67. The highest BCUT2D eigenvalue weighted by atomic mass is 32.1. The zero-order valence-corrected chi connectivity index (χ0v) is 14.9. The predicted octanol–water partition coefficient (Wildman–Crippen LogP) is 3.24. The molecule has 3 rings (SSSR count). The van der Waals surface area contributed by atoms with Crippen LogP contribution in [0.2, 0.25) is 0 Å². The van der Waals surface area contributed by atoms with Gasteiger partial charge in [0.2, 0.25) is 0 Å². The number of hydrogen-bond acceptors (Lipinski definition) is 4. The van der Waals surface area contributed by atoms with Gasteiger partial charge in [-0.25, -0.2) is 4.98 Å². The third-order valence-electron chi connectivity index (χ3n) is 3.82. The van der Waals surface area contributed by atoms with Gasteiger partial charge < -0.3 is 16.0 Å². The molecular weight excluding hydrogens is 336 g/mol. The molecule has 6 nitrogen and oxygen atoms in total. The molecule has 0 bridgehead atoms. The summed E-state index contributed by atoms with van der Waals surface area (Å²) in [5, 5.41) is 3.02. The molecule has 2 aromatic heterocycles. The molecule has 0 saturated heterocycles. The average Bonchev–Trinajstić information content (AvgIpc) is 3.20. The molecule has 1 aromatic carbocycles. The Bertz CT molecular complexity index is 880. The van der Waals surface area contributed by atoms with E-state index in [0.717, 1.165) is 34.6 Å². The summed E-state index contributed by atoms with van der Waals surface area (Å²) >= 11 is 1.09. The summed E-state index contributed by atoms with van der Waals surface area (Å²) in [6.45, 7) is 4.19. The van der Waals surface area contributed by atoms with Crippen LogP contribution < -0.4 is 11.1 Å². The fourth-order valence-corrected chi connectivity index (χ4v) is 3.43. The van der Waals surface area contributed by atoms with E-state index in [1.165, 1.54) is 0 Å². The van der Waals surface area contributed by atoms with Crippen molar-refractivity contribution in [3.63, 3.8) is 0 Å². The molecule has 2 amide bonds. The van der Waals surface area contributed by atoms with Gasteiger partial charge in [0.1, 0.15) is 5.82 Å². The molecule has 4 N–H and O–H groups in total. The number of thiophene rings is 1. The fraction of sp³-hybridized carbons (Fsp3) is 0.278. The minimum atomic E-state index is -0.528. The van der Waals surface area contributed by atoms with Gasteiger partial charge in [0, 0.05) is 0 Å². The fourth-order valence-electron chi connectivity index (χ4n) is 2.67. The molecule has 0 radical (unpaired) electrons. The number of primary amides is 1. The van der Waals surface area contributed by atoms with Crippen molar-refractivity contribution in [3.05, 3.63) is 52.0 Å². The summed E-state index contributed by atoms with van der Waals surface area (Å²) < 4.78 is 0. The van der Waals surface area contributed by atoms with Gasteiger partial charge in [0.05, 0.1) is 26.8 Å². The molecule has 0 saturated carbocycles. The summed E-state index contributed by atoms with van der Waals surface area (Å²) in [4.78, 5) is 32.5. The molecule has 1 atom stereocenters. The molecule has 0 spiro atoms. The molecule has 0 unspecified atom stereocenters. The maximum atomic E-state index is 12.6. The Morgan fingerprint density at radius 2 is 1.92 bits per heavy atom. The van der Waals surface area contributed by atoms with Crippen LogP contribution in [0.15, 0.2) is 36.4 Å². The second-order valence-electron chi connectivity index (χ2n) is 6.32. The molecule has 0 aliphatic rings. The molecule has 130 valence electrons. The van der Waals surface area contributed by atoms with Gasteiger partial charge in [-0.2, -0.15) is 0 Å². The monoisotopic (exact) mass is 356 g/mol. The molecule has 7 heteroatoms. The average molecular weight is 356 g/mol. The molecule has 0 aliphatic carbocycles. The van der Waals surface area contributed by atoms with Crippen LogP contribution in [-0.4, -0.2) is 21.8 Å². The van der Waals surface area contributed by atoms with Gasteiger partial charge in [-0.05, 0) is 36.6 Å². The summed E-state index contributed by atoms with van der Waals surface area (Å²) in [5.41, 5.74) is 7.06. The Kier molecular flexibility index (Phi) is 4.85. The number of rotatable bonds is 6. The maximum absolute atomic E-state index is 12.6. The number of carbonyl (C=O) groups excluding carboxylic acids is 2.